The Morgan fingerprint density at radius 3 is 1.45 bits per heavy atom. The van der Waals surface area contributed by atoms with E-state index in [4.69, 9.17) is 0 Å². The fourth-order valence-electron chi connectivity index (χ4n) is 2.99. The maximum absolute atomic E-state index is 9.93. The van der Waals surface area contributed by atoms with Crippen molar-refractivity contribution in [1.82, 2.24) is 0 Å². The van der Waals surface area contributed by atoms with Crippen molar-refractivity contribution in [3.8, 4) is 0 Å². The Hall–Kier alpha value is -0.0800. The highest BCUT2D eigenvalue weighted by atomic mass is 16.3. The van der Waals surface area contributed by atoms with Crippen molar-refractivity contribution in [2.45, 2.75) is 123 Å². The van der Waals surface area contributed by atoms with Gasteiger partial charge in [0.05, 0.1) is 12.2 Å². The highest BCUT2D eigenvalue weighted by Gasteiger charge is 2.20. The van der Waals surface area contributed by atoms with E-state index in [0.29, 0.717) is 0 Å². The summed E-state index contributed by atoms with van der Waals surface area (Å²) in [7, 11) is 0. The lowest BCUT2D eigenvalue weighted by Gasteiger charge is -2.22. The summed E-state index contributed by atoms with van der Waals surface area (Å²) in [4.78, 5) is 0. The Labute approximate surface area is 139 Å². The number of aliphatic hydroxyl groups is 2. The number of unbranched alkanes of at least 4 members (excludes halogenated alkanes) is 11. The van der Waals surface area contributed by atoms with Gasteiger partial charge < -0.3 is 10.2 Å². The largest absolute Gasteiger partial charge is 0.390 e. The van der Waals surface area contributed by atoms with Crippen LogP contribution in [0.4, 0.5) is 0 Å². The van der Waals surface area contributed by atoms with Gasteiger partial charge in [0.25, 0.3) is 0 Å². The summed E-state index contributed by atoms with van der Waals surface area (Å²) < 4.78 is 0. The van der Waals surface area contributed by atoms with Crippen LogP contribution in [0.25, 0.3) is 0 Å². The third kappa shape index (κ3) is 12.5. The zero-order chi connectivity index (χ0) is 16.6. The fraction of sp³-hybridized carbons (Fsp3) is 1.00. The smallest absolute Gasteiger partial charge is 0.0824 e. The van der Waals surface area contributed by atoms with Crippen LogP contribution in [0.5, 0.6) is 0 Å². The first-order chi connectivity index (χ1) is 10.6. The molecule has 0 heterocycles. The van der Waals surface area contributed by atoms with E-state index in [1.165, 1.54) is 70.6 Å². The van der Waals surface area contributed by atoms with Gasteiger partial charge in [-0.1, -0.05) is 104 Å². The van der Waals surface area contributed by atoms with Crippen molar-refractivity contribution in [1.29, 1.82) is 0 Å². The molecule has 0 radical (unpaired) electrons. The number of hydrogen-bond acceptors (Lipinski definition) is 2. The van der Waals surface area contributed by atoms with Crippen molar-refractivity contribution in [3.05, 3.63) is 0 Å². The molecule has 0 fully saturated rings. The highest BCUT2D eigenvalue weighted by molar-refractivity contribution is 4.72. The summed E-state index contributed by atoms with van der Waals surface area (Å²) in [6, 6.07) is 0. The predicted molar refractivity (Wildman–Crippen MR) is 97.2 cm³/mol. The van der Waals surface area contributed by atoms with E-state index in [2.05, 4.69) is 13.8 Å². The first-order valence-electron chi connectivity index (χ1n) is 9.99. The van der Waals surface area contributed by atoms with Gasteiger partial charge in [-0.05, 0) is 12.3 Å². The maximum atomic E-state index is 9.93. The highest BCUT2D eigenvalue weighted by Crippen LogP contribution is 2.17. The molecule has 0 aromatic rings. The molecule has 0 saturated carbocycles. The summed E-state index contributed by atoms with van der Waals surface area (Å²) in [5.41, 5.74) is 0. The predicted octanol–water partition coefficient (Wildman–Crippen LogP) is 5.85. The molecule has 0 spiro atoms. The first-order valence-corrected chi connectivity index (χ1v) is 9.99. The molecule has 0 aliphatic rings. The molecule has 0 aromatic carbocycles. The molecule has 22 heavy (non-hydrogen) atoms. The van der Waals surface area contributed by atoms with Gasteiger partial charge in [0.2, 0.25) is 0 Å². The Kier molecular flexibility index (Phi) is 15.7. The van der Waals surface area contributed by atoms with E-state index in [-0.39, 0.29) is 5.92 Å². The molecule has 0 bridgehead atoms. The van der Waals surface area contributed by atoms with Gasteiger partial charge in [-0.15, -0.1) is 0 Å². The van der Waals surface area contributed by atoms with Gasteiger partial charge in [-0.25, -0.2) is 0 Å². The first kappa shape index (κ1) is 21.9. The number of rotatable bonds is 16. The Morgan fingerprint density at radius 2 is 1.05 bits per heavy atom. The van der Waals surface area contributed by atoms with E-state index in [9.17, 15) is 10.2 Å². The standard InChI is InChI=1S/C20H42O2/c1-4-6-7-8-9-10-11-12-13-14-15-16-17-19(21)20(22)18(3)5-2/h18-22H,4-17H2,1-3H3/t18-,19-,20-/m0/s1. The van der Waals surface area contributed by atoms with Crippen LogP contribution < -0.4 is 0 Å². The average molecular weight is 315 g/mol. The molecule has 2 nitrogen and oxygen atoms in total. The lowest BCUT2D eigenvalue weighted by atomic mass is 9.94. The molecule has 2 heteroatoms. The van der Waals surface area contributed by atoms with Crippen LogP contribution in [0.2, 0.25) is 0 Å². The van der Waals surface area contributed by atoms with Crippen LogP contribution >= 0.6 is 0 Å². The monoisotopic (exact) mass is 314 g/mol. The second-order valence-electron chi connectivity index (χ2n) is 7.12. The van der Waals surface area contributed by atoms with E-state index in [1.807, 2.05) is 6.92 Å². The number of aliphatic hydroxyl groups excluding tert-OH is 2. The molecule has 0 unspecified atom stereocenters. The van der Waals surface area contributed by atoms with E-state index >= 15 is 0 Å². The van der Waals surface area contributed by atoms with Gasteiger partial charge in [0, 0.05) is 0 Å². The van der Waals surface area contributed by atoms with Gasteiger partial charge in [0.1, 0.15) is 0 Å². The van der Waals surface area contributed by atoms with Gasteiger partial charge in [0.15, 0.2) is 0 Å². The number of hydrogen-bond donors (Lipinski definition) is 2. The minimum Gasteiger partial charge on any atom is -0.390 e. The van der Waals surface area contributed by atoms with Crippen molar-refractivity contribution >= 4 is 0 Å². The Morgan fingerprint density at radius 1 is 0.636 bits per heavy atom. The molecule has 2 N–H and O–H groups in total. The van der Waals surface area contributed by atoms with Crippen LogP contribution in [-0.2, 0) is 0 Å². The maximum Gasteiger partial charge on any atom is 0.0824 e. The van der Waals surface area contributed by atoms with Crippen molar-refractivity contribution in [3.63, 3.8) is 0 Å². The molecule has 3 atom stereocenters. The summed E-state index contributed by atoms with van der Waals surface area (Å²) in [6.07, 6.45) is 16.6. The van der Waals surface area contributed by atoms with Gasteiger partial charge in [-0.3, -0.25) is 0 Å². The van der Waals surface area contributed by atoms with E-state index in [1.54, 1.807) is 0 Å². The van der Waals surface area contributed by atoms with Crippen LogP contribution in [0.1, 0.15) is 111 Å². The quantitative estimate of drug-likeness (QED) is 0.351. The summed E-state index contributed by atoms with van der Waals surface area (Å²) in [5.74, 6) is 0.201. The fourth-order valence-corrected chi connectivity index (χ4v) is 2.99. The molecule has 0 aliphatic carbocycles. The zero-order valence-corrected chi connectivity index (χ0v) is 15.5. The molecule has 0 aliphatic heterocycles. The second-order valence-corrected chi connectivity index (χ2v) is 7.12. The third-order valence-electron chi connectivity index (χ3n) is 4.97. The minimum atomic E-state index is -0.544. The topological polar surface area (TPSA) is 40.5 Å². The summed E-state index contributed by atoms with van der Waals surface area (Å²) >= 11 is 0. The molecule has 0 saturated heterocycles. The zero-order valence-electron chi connectivity index (χ0n) is 15.5. The van der Waals surface area contributed by atoms with Gasteiger partial charge in [-0.2, -0.15) is 0 Å². The van der Waals surface area contributed by atoms with Crippen molar-refractivity contribution < 1.29 is 10.2 Å². The molecule has 0 aromatic heterocycles. The van der Waals surface area contributed by atoms with Gasteiger partial charge >= 0.3 is 0 Å². The molecule has 0 amide bonds. The summed E-state index contributed by atoms with van der Waals surface area (Å²) in [5, 5.41) is 19.8. The van der Waals surface area contributed by atoms with Crippen molar-refractivity contribution in [2.75, 3.05) is 0 Å². The van der Waals surface area contributed by atoms with Crippen LogP contribution in [0.3, 0.4) is 0 Å². The molecule has 0 rings (SSSR count). The minimum absolute atomic E-state index is 0.201. The van der Waals surface area contributed by atoms with Crippen LogP contribution in [-0.4, -0.2) is 22.4 Å². The SMILES string of the molecule is CCCCCCCCCCCCCC[C@H](O)[C@@H](O)[C@@H](C)CC. The third-order valence-corrected chi connectivity index (χ3v) is 4.97. The van der Waals surface area contributed by atoms with Crippen LogP contribution in [0, 0.1) is 5.92 Å². The lowest BCUT2D eigenvalue weighted by Crippen LogP contribution is -2.31. The second kappa shape index (κ2) is 15.8. The molecular formula is C20H42O2. The normalized spacial score (nSPS) is 15.7. The molecule has 134 valence electrons. The van der Waals surface area contributed by atoms with Crippen LogP contribution in [0.15, 0.2) is 0 Å². The van der Waals surface area contributed by atoms with E-state index < -0.39 is 12.2 Å². The van der Waals surface area contributed by atoms with Crippen molar-refractivity contribution in [2.24, 2.45) is 5.92 Å². The van der Waals surface area contributed by atoms with E-state index in [0.717, 1.165) is 19.3 Å². The Bertz CT molecular complexity index is 218. The molecular weight excluding hydrogens is 272 g/mol. The average Bonchev–Trinajstić information content (AvgIpc) is 2.54. The Balaban J connectivity index is 3.26. The summed E-state index contributed by atoms with van der Waals surface area (Å²) in [6.45, 7) is 6.34. The lowest BCUT2D eigenvalue weighted by molar-refractivity contribution is -0.0185.